The number of aromatic nitrogens is 1. The largest absolute Gasteiger partial charge is 0.465 e. The molecule has 4 rings (SSSR count). The van der Waals surface area contributed by atoms with E-state index >= 15 is 0 Å². The summed E-state index contributed by atoms with van der Waals surface area (Å²) in [6, 6.07) is 15.3. The van der Waals surface area contributed by atoms with Crippen molar-refractivity contribution in [3.05, 3.63) is 70.9 Å². The Kier molecular flexibility index (Phi) is 5.69. The van der Waals surface area contributed by atoms with E-state index < -0.39 is 5.97 Å². The number of rotatable bonds is 4. The third kappa shape index (κ3) is 4.07. The van der Waals surface area contributed by atoms with Crippen LogP contribution in [0.3, 0.4) is 0 Å². The van der Waals surface area contributed by atoms with Gasteiger partial charge in [-0.1, -0.05) is 41.9 Å². The topological polar surface area (TPSA) is 51.5 Å². The van der Waals surface area contributed by atoms with Crippen LogP contribution in [0.2, 0.25) is 5.02 Å². The first kappa shape index (κ1) is 19.7. The van der Waals surface area contributed by atoms with Gasteiger partial charge in [-0.05, 0) is 49.7 Å². The van der Waals surface area contributed by atoms with Crippen LogP contribution in [0.4, 0.5) is 0 Å². The van der Waals surface area contributed by atoms with Crippen molar-refractivity contribution in [3.63, 3.8) is 0 Å². The normalized spacial score (nSPS) is 15.5. The third-order valence-electron chi connectivity index (χ3n) is 5.59. The lowest BCUT2D eigenvalue weighted by atomic mass is 9.95. The van der Waals surface area contributed by atoms with Crippen molar-refractivity contribution >= 4 is 34.4 Å². The van der Waals surface area contributed by atoms with Crippen molar-refractivity contribution in [2.45, 2.75) is 19.4 Å². The highest BCUT2D eigenvalue weighted by molar-refractivity contribution is 6.30. The summed E-state index contributed by atoms with van der Waals surface area (Å²) >= 11 is 6.08. The SMILES string of the molecule is COC(=O)c1cn(C(=O)C2CCN(Cc3cccc(Cl)c3)CC2)c2ccccc12. The summed E-state index contributed by atoms with van der Waals surface area (Å²) in [6.07, 6.45) is 3.20. The highest BCUT2D eigenvalue weighted by atomic mass is 35.5. The number of carbonyl (C=O) groups excluding carboxylic acids is 2. The van der Waals surface area contributed by atoms with E-state index in [4.69, 9.17) is 16.3 Å². The summed E-state index contributed by atoms with van der Waals surface area (Å²) in [6.45, 7) is 2.54. The lowest BCUT2D eigenvalue weighted by molar-refractivity contribution is 0.0603. The molecule has 1 aromatic heterocycles. The van der Waals surface area contributed by atoms with E-state index in [9.17, 15) is 9.59 Å². The fraction of sp³-hybridized carbons (Fsp3) is 0.304. The van der Waals surface area contributed by atoms with Crippen molar-refractivity contribution in [1.29, 1.82) is 0 Å². The second-order valence-corrected chi connectivity index (χ2v) is 7.88. The van der Waals surface area contributed by atoms with Crippen molar-refractivity contribution < 1.29 is 14.3 Å². The van der Waals surface area contributed by atoms with Gasteiger partial charge in [-0.25, -0.2) is 4.79 Å². The van der Waals surface area contributed by atoms with E-state index in [1.165, 1.54) is 12.7 Å². The number of halogens is 1. The molecule has 2 aromatic carbocycles. The number of likely N-dealkylation sites (tertiary alicyclic amines) is 1. The number of ether oxygens (including phenoxy) is 1. The average Bonchev–Trinajstić information content (AvgIpc) is 3.13. The van der Waals surface area contributed by atoms with Crippen LogP contribution in [0, 0.1) is 5.92 Å². The summed E-state index contributed by atoms with van der Waals surface area (Å²) in [7, 11) is 1.35. The Labute approximate surface area is 174 Å². The standard InChI is InChI=1S/C23H23ClN2O3/c1-29-23(28)20-15-26(21-8-3-2-7-19(20)21)22(27)17-9-11-25(12-10-17)14-16-5-4-6-18(24)13-16/h2-8,13,15,17H,9-12,14H2,1H3. The molecule has 0 bridgehead atoms. The maximum absolute atomic E-state index is 13.2. The minimum absolute atomic E-state index is 0.0405. The molecule has 0 atom stereocenters. The molecule has 1 aliphatic heterocycles. The Morgan fingerprint density at radius 3 is 2.59 bits per heavy atom. The van der Waals surface area contributed by atoms with Gasteiger partial charge in [0, 0.05) is 29.1 Å². The molecule has 1 saturated heterocycles. The molecule has 0 N–H and O–H groups in total. The maximum Gasteiger partial charge on any atom is 0.340 e. The van der Waals surface area contributed by atoms with Crippen molar-refractivity contribution in [2.75, 3.05) is 20.2 Å². The number of methoxy groups -OCH3 is 1. The molecule has 0 spiro atoms. The molecule has 150 valence electrons. The molecule has 0 saturated carbocycles. The Morgan fingerprint density at radius 1 is 1.10 bits per heavy atom. The van der Waals surface area contributed by atoms with E-state index in [2.05, 4.69) is 11.0 Å². The second-order valence-electron chi connectivity index (χ2n) is 7.44. The number of nitrogens with zero attached hydrogens (tertiary/aromatic N) is 2. The summed E-state index contributed by atoms with van der Waals surface area (Å²) in [5.41, 5.74) is 2.36. The van der Waals surface area contributed by atoms with Gasteiger partial charge in [0.05, 0.1) is 18.2 Å². The van der Waals surface area contributed by atoms with Crippen molar-refractivity contribution in [2.24, 2.45) is 5.92 Å². The Hall–Kier alpha value is -2.63. The molecule has 6 heteroatoms. The lowest BCUT2D eigenvalue weighted by Crippen LogP contribution is -2.37. The van der Waals surface area contributed by atoms with E-state index in [0.29, 0.717) is 5.56 Å². The third-order valence-corrected chi connectivity index (χ3v) is 5.82. The first-order valence-electron chi connectivity index (χ1n) is 9.76. The molecular formula is C23H23ClN2O3. The lowest BCUT2D eigenvalue weighted by Gasteiger charge is -2.31. The highest BCUT2D eigenvalue weighted by Gasteiger charge is 2.28. The first-order chi connectivity index (χ1) is 14.1. The zero-order valence-corrected chi connectivity index (χ0v) is 17.1. The molecule has 29 heavy (non-hydrogen) atoms. The molecule has 0 radical (unpaired) electrons. The fourth-order valence-corrected chi connectivity index (χ4v) is 4.28. The molecule has 2 heterocycles. The van der Waals surface area contributed by atoms with Gasteiger partial charge in [0.2, 0.25) is 5.91 Å². The molecule has 0 amide bonds. The number of carbonyl (C=O) groups is 2. The Morgan fingerprint density at radius 2 is 1.86 bits per heavy atom. The van der Waals surface area contributed by atoms with Crippen LogP contribution in [0.5, 0.6) is 0 Å². The minimum Gasteiger partial charge on any atom is -0.465 e. The molecule has 3 aromatic rings. The van der Waals surface area contributed by atoms with Gasteiger partial charge in [0.15, 0.2) is 0 Å². The van der Waals surface area contributed by atoms with Crippen LogP contribution < -0.4 is 0 Å². The van der Waals surface area contributed by atoms with Crippen LogP contribution in [0.15, 0.2) is 54.7 Å². The molecular weight excluding hydrogens is 388 g/mol. The minimum atomic E-state index is -0.427. The van der Waals surface area contributed by atoms with Gasteiger partial charge in [-0.3, -0.25) is 14.3 Å². The molecule has 1 fully saturated rings. The van der Waals surface area contributed by atoms with Crippen LogP contribution >= 0.6 is 11.6 Å². The maximum atomic E-state index is 13.2. The summed E-state index contributed by atoms with van der Waals surface area (Å²) in [4.78, 5) is 27.7. The average molecular weight is 411 g/mol. The van der Waals surface area contributed by atoms with Crippen LogP contribution in [0.1, 0.15) is 33.6 Å². The molecule has 0 unspecified atom stereocenters. The summed E-state index contributed by atoms with van der Waals surface area (Å²) < 4.78 is 6.51. The van der Waals surface area contributed by atoms with Gasteiger partial charge < -0.3 is 4.74 Å². The molecule has 0 aliphatic carbocycles. The Balaban J connectivity index is 1.48. The van der Waals surface area contributed by atoms with E-state index in [1.807, 2.05) is 42.5 Å². The molecule has 5 nitrogen and oxygen atoms in total. The Bertz CT molecular complexity index is 1050. The van der Waals surface area contributed by atoms with E-state index in [0.717, 1.165) is 48.4 Å². The van der Waals surface area contributed by atoms with Gasteiger partial charge in [0.1, 0.15) is 0 Å². The van der Waals surface area contributed by atoms with Crippen molar-refractivity contribution in [3.8, 4) is 0 Å². The van der Waals surface area contributed by atoms with Crippen molar-refractivity contribution in [1.82, 2.24) is 9.47 Å². The van der Waals surface area contributed by atoms with E-state index in [1.54, 1.807) is 10.8 Å². The monoisotopic (exact) mass is 410 g/mol. The smallest absolute Gasteiger partial charge is 0.340 e. The number of esters is 1. The number of hydrogen-bond donors (Lipinski definition) is 0. The predicted octanol–water partition coefficient (Wildman–Crippen LogP) is 4.63. The van der Waals surface area contributed by atoms with Gasteiger partial charge >= 0.3 is 5.97 Å². The second kappa shape index (κ2) is 8.39. The summed E-state index contributed by atoms with van der Waals surface area (Å²) in [5, 5.41) is 1.49. The van der Waals surface area contributed by atoms with Crippen LogP contribution in [-0.2, 0) is 11.3 Å². The number of benzene rings is 2. The highest BCUT2D eigenvalue weighted by Crippen LogP contribution is 2.27. The fourth-order valence-electron chi connectivity index (χ4n) is 4.06. The molecule has 1 aliphatic rings. The zero-order valence-electron chi connectivity index (χ0n) is 16.3. The van der Waals surface area contributed by atoms with Gasteiger partial charge in [-0.15, -0.1) is 0 Å². The number of hydrogen-bond acceptors (Lipinski definition) is 4. The number of para-hydroxylation sites is 1. The van der Waals surface area contributed by atoms with Crippen LogP contribution in [0.25, 0.3) is 10.9 Å². The zero-order chi connectivity index (χ0) is 20.4. The van der Waals surface area contributed by atoms with Gasteiger partial charge in [0.25, 0.3) is 0 Å². The first-order valence-corrected chi connectivity index (χ1v) is 10.1. The number of piperidine rings is 1. The van der Waals surface area contributed by atoms with Gasteiger partial charge in [-0.2, -0.15) is 0 Å². The predicted molar refractivity (Wildman–Crippen MR) is 113 cm³/mol. The van der Waals surface area contributed by atoms with Crippen LogP contribution in [-0.4, -0.2) is 41.5 Å². The number of fused-ring (bicyclic) bond motifs is 1. The summed E-state index contributed by atoms with van der Waals surface area (Å²) in [5.74, 6) is -0.449. The van der Waals surface area contributed by atoms with E-state index in [-0.39, 0.29) is 11.8 Å². The quantitative estimate of drug-likeness (QED) is 0.588.